The topological polar surface area (TPSA) is 13.1 Å². The van der Waals surface area contributed by atoms with E-state index in [0.717, 1.165) is 11.2 Å². The van der Waals surface area contributed by atoms with Gasteiger partial charge in [0.25, 0.3) is 0 Å². The molecule has 0 atom stereocenters. The predicted molar refractivity (Wildman–Crippen MR) is 182 cm³/mol. The van der Waals surface area contributed by atoms with Gasteiger partial charge in [-0.2, -0.15) is 0 Å². The summed E-state index contributed by atoms with van der Waals surface area (Å²) in [5.41, 5.74) is 12.0. The van der Waals surface area contributed by atoms with Crippen LogP contribution in [-0.2, 0) is 0 Å². The van der Waals surface area contributed by atoms with Crippen LogP contribution < -0.4 is 0 Å². The van der Waals surface area contributed by atoms with Crippen LogP contribution in [0.15, 0.2) is 150 Å². The zero-order valence-corrected chi connectivity index (χ0v) is 23.3. The highest BCUT2D eigenvalue weighted by Gasteiger charge is 2.25. The second kappa shape index (κ2) is 8.44. The van der Waals surface area contributed by atoms with E-state index in [1.165, 1.54) is 87.6 Å². The maximum atomic E-state index is 6.50. The summed E-state index contributed by atoms with van der Waals surface area (Å²) >= 11 is 0. The summed E-state index contributed by atoms with van der Waals surface area (Å²) in [6.07, 6.45) is 0. The van der Waals surface area contributed by atoms with E-state index in [-0.39, 0.29) is 0 Å². The van der Waals surface area contributed by atoms with Crippen LogP contribution in [0.3, 0.4) is 0 Å². The summed E-state index contributed by atoms with van der Waals surface area (Å²) in [5, 5.41) is 10.0. The molecule has 0 N–H and O–H groups in total. The Morgan fingerprint density at radius 1 is 0.279 bits per heavy atom. The molecule has 0 saturated heterocycles. The van der Waals surface area contributed by atoms with Crippen LogP contribution >= 0.6 is 0 Å². The molecular weight excluding hydrogens is 520 g/mol. The lowest BCUT2D eigenvalue weighted by Crippen LogP contribution is -1.92. The minimum absolute atomic E-state index is 0.940. The van der Waals surface area contributed by atoms with Gasteiger partial charge in [0.15, 0.2) is 0 Å². The number of fused-ring (bicyclic) bond motifs is 5. The third kappa shape index (κ3) is 3.01. The summed E-state index contributed by atoms with van der Waals surface area (Å²) in [7, 11) is 0. The van der Waals surface area contributed by atoms with Crippen molar-refractivity contribution in [3.63, 3.8) is 0 Å². The molecule has 0 spiro atoms. The minimum atomic E-state index is 0.940. The largest absolute Gasteiger partial charge is 0.456 e. The Morgan fingerprint density at radius 3 is 1.51 bits per heavy atom. The summed E-state index contributed by atoms with van der Waals surface area (Å²) in [5.74, 6) is 0. The molecule has 1 heterocycles. The highest BCUT2D eigenvalue weighted by Crippen LogP contribution is 2.52. The van der Waals surface area contributed by atoms with E-state index >= 15 is 0 Å². The summed E-state index contributed by atoms with van der Waals surface area (Å²) < 4.78 is 6.50. The van der Waals surface area contributed by atoms with Crippen molar-refractivity contribution in [2.45, 2.75) is 0 Å². The van der Waals surface area contributed by atoms with Crippen molar-refractivity contribution in [2.75, 3.05) is 0 Å². The maximum Gasteiger partial charge on any atom is 0.136 e. The maximum absolute atomic E-state index is 6.50. The zero-order valence-electron chi connectivity index (χ0n) is 23.3. The van der Waals surface area contributed by atoms with Gasteiger partial charge in [0.05, 0.1) is 0 Å². The van der Waals surface area contributed by atoms with Gasteiger partial charge in [-0.25, -0.2) is 0 Å². The van der Waals surface area contributed by atoms with Crippen molar-refractivity contribution in [3.05, 3.63) is 146 Å². The van der Waals surface area contributed by atoms with Gasteiger partial charge in [0.1, 0.15) is 11.2 Å². The Hall–Kier alpha value is -5.66. The molecule has 10 rings (SSSR count). The fraction of sp³-hybridized carbons (Fsp3) is 0. The van der Waals surface area contributed by atoms with Crippen LogP contribution in [0.4, 0.5) is 0 Å². The fourth-order valence-electron chi connectivity index (χ4n) is 7.71. The van der Waals surface area contributed by atoms with Crippen LogP contribution in [-0.4, -0.2) is 0 Å². The Morgan fingerprint density at radius 2 is 0.814 bits per heavy atom. The van der Waals surface area contributed by atoms with Gasteiger partial charge in [-0.3, -0.25) is 0 Å². The number of furan rings is 1. The van der Waals surface area contributed by atoms with E-state index in [4.69, 9.17) is 4.42 Å². The Bertz CT molecular complexity index is 2550. The first kappa shape index (κ1) is 23.0. The van der Waals surface area contributed by atoms with Crippen LogP contribution in [0.1, 0.15) is 0 Å². The lowest BCUT2D eigenvalue weighted by molar-refractivity contribution is 0.669. The third-order valence-electron chi connectivity index (χ3n) is 9.41. The number of benzene rings is 8. The van der Waals surface area contributed by atoms with Crippen LogP contribution in [0.5, 0.6) is 0 Å². The standard InChI is InChI=1S/C42H24O/c1-2-11-25(12-3-1)38-29-15-6-8-17-31(29)39(32-18-9-7-16-30(32)38)34-22-21-33-27-14-5-4-13-26(27)28-19-10-20-36-41(28)42-37(43-36)24-23-35(34)40(33)42/h1-24H. The smallest absolute Gasteiger partial charge is 0.136 e. The van der Waals surface area contributed by atoms with Gasteiger partial charge in [-0.15, -0.1) is 0 Å². The van der Waals surface area contributed by atoms with E-state index in [2.05, 4.69) is 146 Å². The molecule has 43 heavy (non-hydrogen) atoms. The minimum Gasteiger partial charge on any atom is -0.456 e. The zero-order chi connectivity index (χ0) is 28.1. The first-order valence-corrected chi connectivity index (χ1v) is 14.9. The van der Waals surface area contributed by atoms with Gasteiger partial charge in [0.2, 0.25) is 0 Å². The first-order chi connectivity index (χ1) is 21.4. The van der Waals surface area contributed by atoms with Crippen molar-refractivity contribution < 1.29 is 4.42 Å². The van der Waals surface area contributed by atoms with E-state index in [9.17, 15) is 0 Å². The lowest BCUT2D eigenvalue weighted by atomic mass is 9.83. The van der Waals surface area contributed by atoms with Crippen molar-refractivity contribution in [1.82, 2.24) is 0 Å². The van der Waals surface area contributed by atoms with Crippen molar-refractivity contribution in [2.24, 2.45) is 0 Å². The molecule has 1 nitrogen and oxygen atoms in total. The van der Waals surface area contributed by atoms with Gasteiger partial charge >= 0.3 is 0 Å². The van der Waals surface area contributed by atoms with Crippen LogP contribution in [0.2, 0.25) is 0 Å². The number of hydrogen-bond acceptors (Lipinski definition) is 1. The Kier molecular flexibility index (Phi) is 4.51. The highest BCUT2D eigenvalue weighted by molar-refractivity contribution is 6.32. The van der Waals surface area contributed by atoms with E-state index in [1.54, 1.807) is 0 Å². The summed E-state index contributed by atoms with van der Waals surface area (Å²) in [4.78, 5) is 0. The van der Waals surface area contributed by atoms with E-state index in [1.807, 2.05) is 0 Å². The molecule has 0 saturated carbocycles. The van der Waals surface area contributed by atoms with E-state index < -0.39 is 0 Å². The molecular formula is C42H24O. The highest BCUT2D eigenvalue weighted by atomic mass is 16.3. The molecule has 198 valence electrons. The molecule has 8 aromatic carbocycles. The Balaban J connectivity index is 1.42. The summed E-state index contributed by atoms with van der Waals surface area (Å²) in [6.45, 7) is 0. The van der Waals surface area contributed by atoms with Crippen molar-refractivity contribution >= 4 is 54.3 Å². The fourth-order valence-corrected chi connectivity index (χ4v) is 7.71. The van der Waals surface area contributed by atoms with Crippen LogP contribution in [0, 0.1) is 0 Å². The monoisotopic (exact) mass is 544 g/mol. The molecule has 0 bridgehead atoms. The second-order valence-electron chi connectivity index (χ2n) is 11.6. The first-order valence-electron chi connectivity index (χ1n) is 14.9. The molecule has 1 aromatic heterocycles. The molecule has 0 unspecified atom stereocenters. The quantitative estimate of drug-likeness (QED) is 0.197. The molecule has 1 aliphatic rings. The van der Waals surface area contributed by atoms with Gasteiger partial charge < -0.3 is 4.42 Å². The third-order valence-corrected chi connectivity index (χ3v) is 9.41. The summed E-state index contributed by atoms with van der Waals surface area (Å²) in [6, 6.07) is 53.0. The van der Waals surface area contributed by atoms with Crippen molar-refractivity contribution in [1.29, 1.82) is 0 Å². The van der Waals surface area contributed by atoms with Crippen molar-refractivity contribution in [3.8, 4) is 44.5 Å². The van der Waals surface area contributed by atoms with Gasteiger partial charge in [-0.05, 0) is 89.6 Å². The van der Waals surface area contributed by atoms with E-state index in [0.29, 0.717) is 0 Å². The second-order valence-corrected chi connectivity index (χ2v) is 11.6. The molecule has 0 aliphatic heterocycles. The molecule has 9 aromatic rings. The molecule has 1 heteroatoms. The average Bonchev–Trinajstić information content (AvgIpc) is 3.40. The SMILES string of the molecule is c1ccc(-c2c3ccccc3c(-c3ccc4c5c3ccc3oc6cccc(c6c35)-c3ccccc3-4)c3ccccc23)cc1. The number of rotatable bonds is 2. The molecule has 0 radical (unpaired) electrons. The molecule has 0 fully saturated rings. The van der Waals surface area contributed by atoms with Gasteiger partial charge in [0, 0.05) is 16.2 Å². The lowest BCUT2D eigenvalue weighted by Gasteiger charge is -2.20. The number of hydrogen-bond donors (Lipinski definition) is 0. The average molecular weight is 545 g/mol. The Labute approximate surface area is 248 Å². The van der Waals surface area contributed by atoms with Crippen LogP contribution in [0.25, 0.3) is 98.8 Å². The normalized spacial score (nSPS) is 12.2. The molecule has 0 amide bonds. The molecule has 1 aliphatic carbocycles. The van der Waals surface area contributed by atoms with Gasteiger partial charge in [-0.1, -0.05) is 127 Å². The predicted octanol–water partition coefficient (Wildman–Crippen LogP) is 12.0.